The average molecular weight is 293 g/mol. The van der Waals surface area contributed by atoms with E-state index in [-0.39, 0.29) is 11.2 Å². The van der Waals surface area contributed by atoms with Crippen molar-refractivity contribution in [1.29, 1.82) is 0 Å². The van der Waals surface area contributed by atoms with Crippen LogP contribution in [0, 0.1) is 0 Å². The summed E-state index contributed by atoms with van der Waals surface area (Å²) >= 11 is 1.74. The van der Waals surface area contributed by atoms with Gasteiger partial charge in [0.15, 0.2) is 0 Å². The Balaban J connectivity index is 2.09. The summed E-state index contributed by atoms with van der Waals surface area (Å²) in [6, 6.07) is 9.97. The fraction of sp³-hybridized carbons (Fsp3) is 0.562. The summed E-state index contributed by atoms with van der Waals surface area (Å²) in [6.07, 6.45) is 2.07. The van der Waals surface area contributed by atoms with Gasteiger partial charge in [-0.2, -0.15) is 0 Å². The fourth-order valence-electron chi connectivity index (χ4n) is 2.46. The van der Waals surface area contributed by atoms with Crippen molar-refractivity contribution in [3.63, 3.8) is 0 Å². The van der Waals surface area contributed by atoms with Crippen molar-refractivity contribution in [3.05, 3.63) is 35.9 Å². The Kier molecular flexibility index (Phi) is 5.11. The molecule has 2 rings (SSSR count). The van der Waals surface area contributed by atoms with Crippen molar-refractivity contribution in [2.24, 2.45) is 0 Å². The molecule has 110 valence electrons. The molecule has 1 aromatic carbocycles. The molecule has 1 aliphatic heterocycles. The van der Waals surface area contributed by atoms with E-state index in [9.17, 15) is 9.90 Å². The van der Waals surface area contributed by atoms with Gasteiger partial charge in [0.1, 0.15) is 0 Å². The molecule has 0 aliphatic carbocycles. The van der Waals surface area contributed by atoms with E-state index in [0.717, 1.165) is 24.2 Å². The Labute approximate surface area is 125 Å². The SMILES string of the molecule is CC(C)(O)CN(Cc1ccccc1)C(=O)C1CCCS1. The molecule has 0 aromatic heterocycles. The molecule has 0 radical (unpaired) electrons. The first-order valence-corrected chi connectivity index (χ1v) is 8.17. The first-order chi connectivity index (χ1) is 9.46. The van der Waals surface area contributed by atoms with Gasteiger partial charge in [-0.05, 0) is 38.0 Å². The third-order valence-corrected chi connectivity index (χ3v) is 4.67. The summed E-state index contributed by atoms with van der Waals surface area (Å²) in [4.78, 5) is 14.4. The number of benzene rings is 1. The number of rotatable bonds is 5. The summed E-state index contributed by atoms with van der Waals surface area (Å²) in [5.41, 5.74) is 0.237. The molecule has 1 amide bonds. The van der Waals surface area contributed by atoms with Gasteiger partial charge < -0.3 is 10.0 Å². The molecule has 4 heteroatoms. The Hall–Kier alpha value is -1.000. The smallest absolute Gasteiger partial charge is 0.236 e. The Bertz CT molecular complexity index is 436. The lowest BCUT2D eigenvalue weighted by atomic mass is 10.1. The van der Waals surface area contributed by atoms with E-state index in [4.69, 9.17) is 0 Å². The molecule has 0 spiro atoms. The van der Waals surface area contributed by atoms with Crippen LogP contribution in [0.1, 0.15) is 32.3 Å². The second-order valence-corrected chi connectivity index (χ2v) is 7.30. The van der Waals surface area contributed by atoms with Gasteiger partial charge in [-0.25, -0.2) is 0 Å². The van der Waals surface area contributed by atoms with Crippen molar-refractivity contribution in [1.82, 2.24) is 4.90 Å². The average Bonchev–Trinajstić information content (AvgIpc) is 2.90. The predicted octanol–water partition coefficient (Wildman–Crippen LogP) is 2.68. The normalized spacial score (nSPS) is 19.1. The number of amides is 1. The third kappa shape index (κ3) is 4.53. The first-order valence-electron chi connectivity index (χ1n) is 7.12. The monoisotopic (exact) mass is 293 g/mol. The Morgan fingerprint density at radius 3 is 2.65 bits per heavy atom. The van der Waals surface area contributed by atoms with E-state index in [1.807, 2.05) is 30.3 Å². The molecule has 0 saturated carbocycles. The highest BCUT2D eigenvalue weighted by Crippen LogP contribution is 2.28. The van der Waals surface area contributed by atoms with Crippen molar-refractivity contribution < 1.29 is 9.90 Å². The highest BCUT2D eigenvalue weighted by Gasteiger charge is 2.30. The summed E-state index contributed by atoms with van der Waals surface area (Å²) in [5, 5.41) is 10.1. The van der Waals surface area contributed by atoms with E-state index in [0.29, 0.717) is 13.1 Å². The largest absolute Gasteiger partial charge is 0.389 e. The summed E-state index contributed by atoms with van der Waals surface area (Å²) in [6.45, 7) is 4.44. The second kappa shape index (κ2) is 6.64. The van der Waals surface area contributed by atoms with Crippen LogP contribution in [0.3, 0.4) is 0 Å². The molecule has 20 heavy (non-hydrogen) atoms. The maximum absolute atomic E-state index is 12.6. The minimum Gasteiger partial charge on any atom is -0.389 e. The molecule has 1 saturated heterocycles. The van der Waals surface area contributed by atoms with Crippen LogP contribution in [-0.4, -0.2) is 39.1 Å². The van der Waals surface area contributed by atoms with Gasteiger partial charge >= 0.3 is 0 Å². The summed E-state index contributed by atoms with van der Waals surface area (Å²) < 4.78 is 0. The number of carbonyl (C=O) groups is 1. The van der Waals surface area contributed by atoms with Crippen LogP contribution in [0.25, 0.3) is 0 Å². The lowest BCUT2D eigenvalue weighted by Crippen LogP contribution is -2.44. The van der Waals surface area contributed by atoms with Crippen molar-refractivity contribution >= 4 is 17.7 Å². The van der Waals surface area contributed by atoms with Crippen LogP contribution in [-0.2, 0) is 11.3 Å². The number of hydrogen-bond acceptors (Lipinski definition) is 3. The van der Waals surface area contributed by atoms with Gasteiger partial charge in [0, 0.05) is 13.1 Å². The van der Waals surface area contributed by atoms with Gasteiger partial charge in [0.2, 0.25) is 5.91 Å². The molecule has 1 fully saturated rings. The number of thioether (sulfide) groups is 1. The van der Waals surface area contributed by atoms with Gasteiger partial charge in [-0.15, -0.1) is 11.8 Å². The highest BCUT2D eigenvalue weighted by atomic mass is 32.2. The minimum atomic E-state index is -0.867. The molecule has 1 atom stereocenters. The summed E-state index contributed by atoms with van der Waals surface area (Å²) in [7, 11) is 0. The topological polar surface area (TPSA) is 40.5 Å². The van der Waals surface area contributed by atoms with Crippen LogP contribution in [0.15, 0.2) is 30.3 Å². The molecule has 1 unspecified atom stereocenters. The molecule has 1 aliphatic rings. The number of carbonyl (C=O) groups excluding carboxylic acids is 1. The van der Waals surface area contributed by atoms with Crippen LogP contribution in [0.4, 0.5) is 0 Å². The van der Waals surface area contributed by atoms with Crippen LogP contribution < -0.4 is 0 Å². The molecular formula is C16H23NO2S. The predicted molar refractivity (Wildman–Crippen MR) is 83.6 cm³/mol. The van der Waals surface area contributed by atoms with Crippen molar-refractivity contribution in [3.8, 4) is 0 Å². The fourth-order valence-corrected chi connectivity index (χ4v) is 3.70. The van der Waals surface area contributed by atoms with Crippen LogP contribution >= 0.6 is 11.8 Å². The molecule has 0 bridgehead atoms. The Morgan fingerprint density at radius 1 is 1.40 bits per heavy atom. The number of aliphatic hydroxyl groups is 1. The lowest BCUT2D eigenvalue weighted by molar-refractivity contribution is -0.134. The minimum absolute atomic E-state index is 0.0704. The standard InChI is InChI=1S/C16H23NO2S/c1-16(2,19)12-17(11-13-7-4-3-5-8-13)15(18)14-9-6-10-20-14/h3-5,7-8,14,19H,6,9-12H2,1-2H3. The van der Waals surface area contributed by atoms with E-state index in [1.165, 1.54) is 0 Å². The van der Waals surface area contributed by atoms with E-state index >= 15 is 0 Å². The quantitative estimate of drug-likeness (QED) is 0.907. The summed E-state index contributed by atoms with van der Waals surface area (Å²) in [5.74, 6) is 1.23. The zero-order valence-corrected chi connectivity index (χ0v) is 13.0. The Morgan fingerprint density at radius 2 is 2.10 bits per heavy atom. The second-order valence-electron chi connectivity index (χ2n) is 5.99. The van der Waals surface area contributed by atoms with Gasteiger partial charge in [0.25, 0.3) is 0 Å². The number of hydrogen-bond donors (Lipinski definition) is 1. The first kappa shape index (κ1) is 15.4. The van der Waals surface area contributed by atoms with E-state index in [2.05, 4.69) is 0 Å². The molecule has 1 heterocycles. The van der Waals surface area contributed by atoms with Crippen LogP contribution in [0.5, 0.6) is 0 Å². The van der Waals surface area contributed by atoms with Gasteiger partial charge in [-0.3, -0.25) is 4.79 Å². The van der Waals surface area contributed by atoms with E-state index in [1.54, 1.807) is 30.5 Å². The zero-order valence-electron chi connectivity index (χ0n) is 12.2. The lowest BCUT2D eigenvalue weighted by Gasteiger charge is -2.31. The van der Waals surface area contributed by atoms with Crippen LogP contribution in [0.2, 0.25) is 0 Å². The third-order valence-electron chi connectivity index (χ3n) is 3.31. The van der Waals surface area contributed by atoms with Gasteiger partial charge in [0.05, 0.1) is 10.9 Å². The molecule has 3 nitrogen and oxygen atoms in total. The maximum Gasteiger partial charge on any atom is 0.236 e. The van der Waals surface area contributed by atoms with Gasteiger partial charge in [-0.1, -0.05) is 30.3 Å². The molecular weight excluding hydrogens is 270 g/mol. The zero-order chi connectivity index (χ0) is 14.6. The highest BCUT2D eigenvalue weighted by molar-refractivity contribution is 8.00. The molecule has 1 aromatic rings. The number of nitrogens with zero attached hydrogens (tertiary/aromatic N) is 1. The maximum atomic E-state index is 12.6. The van der Waals surface area contributed by atoms with Crippen molar-refractivity contribution in [2.75, 3.05) is 12.3 Å². The van der Waals surface area contributed by atoms with E-state index < -0.39 is 5.60 Å². The molecule has 1 N–H and O–H groups in total. The van der Waals surface area contributed by atoms with Crippen molar-refractivity contribution in [2.45, 2.75) is 44.1 Å².